The molecule has 1 heterocycles. The van der Waals surface area contributed by atoms with Gasteiger partial charge in [0.2, 0.25) is 0 Å². The first-order valence-electron chi connectivity index (χ1n) is 6.09. The van der Waals surface area contributed by atoms with Crippen molar-refractivity contribution in [1.29, 1.82) is 0 Å². The van der Waals surface area contributed by atoms with Gasteiger partial charge in [0, 0.05) is 12.1 Å². The fourth-order valence-corrected chi connectivity index (χ4v) is 2.63. The lowest BCUT2D eigenvalue weighted by molar-refractivity contribution is 0.0904. The Labute approximate surface area is 101 Å². The quantitative estimate of drug-likeness (QED) is 0.783. The molecule has 0 spiro atoms. The zero-order chi connectivity index (χ0) is 11.7. The number of ketones is 1. The molecule has 1 unspecified atom stereocenters. The van der Waals surface area contributed by atoms with Crippen molar-refractivity contribution in [2.75, 3.05) is 0 Å². The topological polar surface area (TPSA) is 32.9 Å². The van der Waals surface area contributed by atoms with Gasteiger partial charge in [-0.1, -0.05) is 24.3 Å². The van der Waals surface area contributed by atoms with Gasteiger partial charge in [0.15, 0.2) is 5.78 Å². The second-order valence-corrected chi connectivity index (χ2v) is 4.66. The van der Waals surface area contributed by atoms with E-state index in [1.54, 1.807) is 0 Å². The largest absolute Gasteiger partial charge is 0.359 e. The summed E-state index contributed by atoms with van der Waals surface area (Å²) < 4.78 is 0. The Morgan fingerprint density at radius 3 is 2.71 bits per heavy atom. The molecule has 0 radical (unpaired) electrons. The standard InChI is InChI=1S/C15H15NO/c17-15(14-6-3-9-16-14)13-8-7-11-4-1-2-5-12(11)10-13/h1-6,9,13,16H,7-8,10H2. The van der Waals surface area contributed by atoms with Gasteiger partial charge in [-0.2, -0.15) is 0 Å². The van der Waals surface area contributed by atoms with E-state index in [1.165, 1.54) is 11.1 Å². The first-order chi connectivity index (χ1) is 8.34. The highest BCUT2D eigenvalue weighted by Crippen LogP contribution is 2.27. The van der Waals surface area contributed by atoms with E-state index >= 15 is 0 Å². The van der Waals surface area contributed by atoms with Gasteiger partial charge in [0.25, 0.3) is 0 Å². The minimum atomic E-state index is 0.142. The highest BCUT2D eigenvalue weighted by Gasteiger charge is 2.25. The number of fused-ring (bicyclic) bond motifs is 1. The number of H-pyrrole nitrogens is 1. The number of aromatic amines is 1. The Balaban J connectivity index is 1.83. The Morgan fingerprint density at radius 2 is 1.94 bits per heavy atom. The predicted octanol–water partition coefficient (Wildman–Crippen LogP) is 3.00. The molecular weight excluding hydrogens is 210 g/mol. The lowest BCUT2D eigenvalue weighted by Gasteiger charge is -2.23. The Bertz CT molecular complexity index is 528. The number of rotatable bonds is 2. The number of carbonyl (C=O) groups is 1. The first kappa shape index (κ1) is 10.3. The summed E-state index contributed by atoms with van der Waals surface area (Å²) >= 11 is 0. The van der Waals surface area contributed by atoms with Crippen LogP contribution in [0.2, 0.25) is 0 Å². The molecular formula is C15H15NO. The second kappa shape index (κ2) is 4.21. The molecule has 0 bridgehead atoms. The molecule has 0 saturated carbocycles. The van der Waals surface area contributed by atoms with Crippen LogP contribution < -0.4 is 0 Å². The van der Waals surface area contributed by atoms with Crippen LogP contribution in [0.4, 0.5) is 0 Å². The van der Waals surface area contributed by atoms with E-state index in [-0.39, 0.29) is 11.7 Å². The Hall–Kier alpha value is -1.83. The van der Waals surface area contributed by atoms with E-state index in [0.717, 1.165) is 25.0 Å². The Kier molecular flexibility index (Phi) is 2.56. The summed E-state index contributed by atoms with van der Waals surface area (Å²) in [4.78, 5) is 15.2. The van der Waals surface area contributed by atoms with E-state index in [9.17, 15) is 4.79 Å². The van der Waals surface area contributed by atoms with Gasteiger partial charge in [-0.15, -0.1) is 0 Å². The van der Waals surface area contributed by atoms with Gasteiger partial charge < -0.3 is 4.98 Å². The molecule has 86 valence electrons. The molecule has 1 atom stereocenters. The molecule has 1 N–H and O–H groups in total. The molecule has 2 nitrogen and oxygen atoms in total. The van der Waals surface area contributed by atoms with Crippen LogP contribution in [0.25, 0.3) is 0 Å². The summed E-state index contributed by atoms with van der Waals surface area (Å²) in [6, 6.07) is 12.2. The maximum absolute atomic E-state index is 12.2. The molecule has 0 saturated heterocycles. The smallest absolute Gasteiger partial charge is 0.182 e. The van der Waals surface area contributed by atoms with Crippen molar-refractivity contribution in [2.45, 2.75) is 19.3 Å². The van der Waals surface area contributed by atoms with Gasteiger partial charge in [0.1, 0.15) is 0 Å². The molecule has 1 aromatic heterocycles. The van der Waals surface area contributed by atoms with E-state index in [1.807, 2.05) is 18.3 Å². The second-order valence-electron chi connectivity index (χ2n) is 4.66. The van der Waals surface area contributed by atoms with Crippen LogP contribution in [0, 0.1) is 5.92 Å². The summed E-state index contributed by atoms with van der Waals surface area (Å²) in [5, 5.41) is 0. The van der Waals surface area contributed by atoms with E-state index in [2.05, 4.69) is 29.2 Å². The third-order valence-electron chi connectivity index (χ3n) is 3.58. The molecule has 2 aromatic rings. The number of aromatic nitrogens is 1. The first-order valence-corrected chi connectivity index (χ1v) is 6.09. The van der Waals surface area contributed by atoms with Crippen LogP contribution >= 0.6 is 0 Å². The fraction of sp³-hybridized carbons (Fsp3) is 0.267. The lowest BCUT2D eigenvalue weighted by atomic mass is 9.81. The number of Topliss-reactive ketones (excluding diaryl/α,β-unsaturated/α-hetero) is 1. The SMILES string of the molecule is O=C(c1ccc[nH]1)C1CCc2ccccc2C1. The van der Waals surface area contributed by atoms with Crippen molar-refractivity contribution in [2.24, 2.45) is 5.92 Å². The minimum absolute atomic E-state index is 0.142. The highest BCUT2D eigenvalue weighted by molar-refractivity contribution is 5.96. The maximum atomic E-state index is 12.2. The van der Waals surface area contributed by atoms with Gasteiger partial charge in [0.05, 0.1) is 5.69 Å². The Morgan fingerprint density at radius 1 is 1.12 bits per heavy atom. The van der Waals surface area contributed by atoms with Gasteiger partial charge >= 0.3 is 0 Å². The van der Waals surface area contributed by atoms with Crippen LogP contribution in [-0.2, 0) is 12.8 Å². The molecule has 1 aliphatic carbocycles. The average molecular weight is 225 g/mol. The monoisotopic (exact) mass is 225 g/mol. The predicted molar refractivity (Wildman–Crippen MR) is 67.1 cm³/mol. The van der Waals surface area contributed by atoms with Crippen molar-refractivity contribution in [3.63, 3.8) is 0 Å². The van der Waals surface area contributed by atoms with E-state index in [4.69, 9.17) is 0 Å². The molecule has 17 heavy (non-hydrogen) atoms. The van der Waals surface area contributed by atoms with Crippen molar-refractivity contribution >= 4 is 5.78 Å². The highest BCUT2D eigenvalue weighted by atomic mass is 16.1. The number of carbonyl (C=O) groups excluding carboxylic acids is 1. The summed E-state index contributed by atoms with van der Waals surface area (Å²) in [6.45, 7) is 0. The van der Waals surface area contributed by atoms with Crippen LogP contribution in [-0.4, -0.2) is 10.8 Å². The minimum Gasteiger partial charge on any atom is -0.359 e. The number of hydrogen-bond acceptors (Lipinski definition) is 1. The summed E-state index contributed by atoms with van der Waals surface area (Å²) in [5.41, 5.74) is 3.49. The average Bonchev–Trinajstić information content (AvgIpc) is 2.91. The van der Waals surface area contributed by atoms with E-state index < -0.39 is 0 Å². The van der Waals surface area contributed by atoms with Crippen molar-refractivity contribution in [3.05, 3.63) is 59.4 Å². The van der Waals surface area contributed by atoms with Gasteiger partial charge in [-0.3, -0.25) is 4.79 Å². The van der Waals surface area contributed by atoms with Crippen molar-refractivity contribution < 1.29 is 4.79 Å². The molecule has 0 aliphatic heterocycles. The zero-order valence-electron chi connectivity index (χ0n) is 9.65. The zero-order valence-corrected chi connectivity index (χ0v) is 9.65. The molecule has 0 amide bonds. The third kappa shape index (κ3) is 1.91. The number of hydrogen-bond donors (Lipinski definition) is 1. The van der Waals surface area contributed by atoms with E-state index in [0.29, 0.717) is 0 Å². The number of nitrogens with one attached hydrogen (secondary N) is 1. The van der Waals surface area contributed by atoms with Crippen LogP contribution in [0.1, 0.15) is 28.0 Å². The van der Waals surface area contributed by atoms with Crippen molar-refractivity contribution in [3.8, 4) is 0 Å². The van der Waals surface area contributed by atoms with Gasteiger partial charge in [-0.25, -0.2) is 0 Å². The molecule has 1 aromatic carbocycles. The number of benzene rings is 1. The summed E-state index contributed by atoms with van der Waals surface area (Å²) in [7, 11) is 0. The molecule has 0 fully saturated rings. The van der Waals surface area contributed by atoms with Crippen LogP contribution in [0.3, 0.4) is 0 Å². The summed E-state index contributed by atoms with van der Waals surface area (Å²) in [5.74, 6) is 0.396. The fourth-order valence-electron chi connectivity index (χ4n) is 2.63. The van der Waals surface area contributed by atoms with Crippen LogP contribution in [0.5, 0.6) is 0 Å². The molecule has 2 heteroatoms. The summed E-state index contributed by atoms with van der Waals surface area (Å²) in [6.07, 6.45) is 4.68. The molecule has 1 aliphatic rings. The van der Waals surface area contributed by atoms with Gasteiger partial charge in [-0.05, 0) is 42.5 Å². The van der Waals surface area contributed by atoms with Crippen LogP contribution in [0.15, 0.2) is 42.6 Å². The third-order valence-corrected chi connectivity index (χ3v) is 3.58. The normalized spacial score (nSPS) is 18.7. The van der Waals surface area contributed by atoms with Crippen molar-refractivity contribution in [1.82, 2.24) is 4.98 Å². The molecule has 3 rings (SSSR count). The maximum Gasteiger partial charge on any atom is 0.182 e. The number of aryl methyl sites for hydroxylation is 1. The lowest BCUT2D eigenvalue weighted by Crippen LogP contribution is -2.23.